The quantitative estimate of drug-likeness (QED) is 0.425. The Hall–Kier alpha value is -3.92. The number of methoxy groups -OCH3 is 1. The highest BCUT2D eigenvalue weighted by Crippen LogP contribution is 2.25. The lowest BCUT2D eigenvalue weighted by Gasteiger charge is -2.20. The Labute approximate surface area is 185 Å². The van der Waals surface area contributed by atoms with Crippen LogP contribution in [0.15, 0.2) is 71.6 Å². The van der Waals surface area contributed by atoms with Crippen molar-refractivity contribution in [1.29, 1.82) is 0 Å². The molecule has 0 radical (unpaired) electrons. The molecule has 0 aliphatic rings. The zero-order chi connectivity index (χ0) is 23.5. The van der Waals surface area contributed by atoms with Crippen LogP contribution in [0, 0.1) is 17.0 Å². The van der Waals surface area contributed by atoms with Crippen molar-refractivity contribution in [3.63, 3.8) is 0 Å². The Morgan fingerprint density at radius 2 is 1.66 bits per heavy atom. The molecule has 0 unspecified atom stereocenters. The van der Waals surface area contributed by atoms with Gasteiger partial charge in [-0.05, 0) is 61.0 Å². The maximum Gasteiger partial charge on any atom is 0.271 e. The first kappa shape index (κ1) is 22.8. The van der Waals surface area contributed by atoms with Gasteiger partial charge in [0.25, 0.3) is 21.6 Å². The highest BCUT2D eigenvalue weighted by atomic mass is 32.2. The van der Waals surface area contributed by atoms with Crippen molar-refractivity contribution in [3.05, 3.63) is 88.0 Å². The van der Waals surface area contributed by atoms with Gasteiger partial charge in [-0.25, -0.2) is 8.42 Å². The van der Waals surface area contributed by atoms with Crippen molar-refractivity contribution in [3.8, 4) is 5.75 Å². The van der Waals surface area contributed by atoms with E-state index in [1.54, 1.807) is 25.1 Å². The molecule has 0 aliphatic carbocycles. The van der Waals surface area contributed by atoms with Gasteiger partial charge in [-0.2, -0.15) is 0 Å². The van der Waals surface area contributed by atoms with E-state index in [0.717, 1.165) is 4.31 Å². The van der Waals surface area contributed by atoms with E-state index >= 15 is 0 Å². The molecule has 0 heterocycles. The summed E-state index contributed by atoms with van der Waals surface area (Å²) >= 11 is 0. The average molecular weight is 455 g/mol. The van der Waals surface area contributed by atoms with Gasteiger partial charge in [-0.3, -0.25) is 19.2 Å². The molecule has 0 fully saturated rings. The van der Waals surface area contributed by atoms with E-state index in [-0.39, 0.29) is 16.1 Å². The predicted octanol–water partition coefficient (Wildman–Crippen LogP) is 3.99. The van der Waals surface area contributed by atoms with E-state index in [0.29, 0.717) is 22.7 Å². The lowest BCUT2D eigenvalue weighted by Crippen LogP contribution is -2.26. The monoisotopic (exact) mass is 455 g/mol. The molecule has 1 N–H and O–H groups in total. The molecular weight excluding hydrogens is 434 g/mol. The van der Waals surface area contributed by atoms with Gasteiger partial charge < -0.3 is 10.1 Å². The van der Waals surface area contributed by atoms with Gasteiger partial charge >= 0.3 is 0 Å². The Balaban J connectivity index is 1.78. The number of amides is 1. The van der Waals surface area contributed by atoms with Crippen LogP contribution in [0.25, 0.3) is 0 Å². The van der Waals surface area contributed by atoms with E-state index in [4.69, 9.17) is 4.74 Å². The number of nitro groups is 1. The topological polar surface area (TPSA) is 119 Å². The van der Waals surface area contributed by atoms with Crippen LogP contribution in [-0.4, -0.2) is 33.4 Å². The van der Waals surface area contributed by atoms with Crippen molar-refractivity contribution in [2.75, 3.05) is 23.8 Å². The number of benzene rings is 3. The molecule has 3 aromatic rings. The van der Waals surface area contributed by atoms with Gasteiger partial charge in [-0.15, -0.1) is 0 Å². The lowest BCUT2D eigenvalue weighted by molar-refractivity contribution is -0.384. The molecule has 166 valence electrons. The molecule has 0 bridgehead atoms. The summed E-state index contributed by atoms with van der Waals surface area (Å²) in [7, 11) is -0.892. The molecule has 0 saturated carbocycles. The minimum Gasteiger partial charge on any atom is -0.497 e. The number of non-ortho nitro benzene ring substituents is 1. The van der Waals surface area contributed by atoms with E-state index in [9.17, 15) is 23.3 Å². The second-order valence-electron chi connectivity index (χ2n) is 6.91. The minimum absolute atomic E-state index is 0.101. The molecule has 0 saturated heterocycles. The van der Waals surface area contributed by atoms with Crippen molar-refractivity contribution in [2.45, 2.75) is 11.8 Å². The maximum atomic E-state index is 12.9. The molecule has 0 atom stereocenters. The SMILES string of the molecule is COc1ccc(S(=O)(=O)N(C)c2ccc(C(=O)Nc3cc([N+](=O)[O-])ccc3C)cc2)cc1. The van der Waals surface area contributed by atoms with Crippen LogP contribution in [-0.2, 0) is 10.0 Å². The number of nitrogens with one attached hydrogen (secondary N) is 1. The molecule has 3 aromatic carbocycles. The first-order valence-corrected chi connectivity index (χ1v) is 10.9. The molecule has 0 aromatic heterocycles. The van der Waals surface area contributed by atoms with Crippen LogP contribution in [0.4, 0.5) is 17.1 Å². The highest BCUT2D eigenvalue weighted by molar-refractivity contribution is 7.92. The van der Waals surface area contributed by atoms with Gasteiger partial charge in [0.1, 0.15) is 5.75 Å². The standard InChI is InChI=1S/C22H21N3O6S/c1-15-4-7-18(25(27)28)14-21(15)23-22(26)16-5-8-17(9-6-16)24(2)32(29,30)20-12-10-19(31-3)11-13-20/h4-14H,1-3H3,(H,23,26). The number of carbonyl (C=O) groups excluding carboxylic acids is 1. The number of aryl methyl sites for hydroxylation is 1. The number of hydrogen-bond donors (Lipinski definition) is 1. The van der Waals surface area contributed by atoms with Gasteiger partial charge in [-0.1, -0.05) is 6.07 Å². The Bertz CT molecular complexity index is 1260. The van der Waals surface area contributed by atoms with Crippen molar-refractivity contribution >= 4 is 33.0 Å². The Morgan fingerprint density at radius 3 is 2.22 bits per heavy atom. The molecule has 1 amide bonds. The summed E-state index contributed by atoms with van der Waals surface area (Å²) in [6.07, 6.45) is 0. The number of ether oxygens (including phenoxy) is 1. The molecule has 0 aliphatic heterocycles. The van der Waals surface area contributed by atoms with E-state index in [2.05, 4.69) is 5.32 Å². The van der Waals surface area contributed by atoms with E-state index in [1.807, 2.05) is 0 Å². The fourth-order valence-electron chi connectivity index (χ4n) is 2.92. The summed E-state index contributed by atoms with van der Waals surface area (Å²) in [5.74, 6) is 0.0711. The fourth-order valence-corrected chi connectivity index (χ4v) is 4.12. The number of carbonyl (C=O) groups is 1. The number of hydrogen-bond acceptors (Lipinski definition) is 6. The number of sulfonamides is 1. The third-order valence-corrected chi connectivity index (χ3v) is 6.69. The van der Waals surface area contributed by atoms with Gasteiger partial charge in [0.15, 0.2) is 0 Å². The molecule has 10 heteroatoms. The van der Waals surface area contributed by atoms with Gasteiger partial charge in [0.2, 0.25) is 0 Å². The number of anilines is 2. The van der Waals surface area contributed by atoms with Gasteiger partial charge in [0.05, 0.1) is 28.3 Å². The van der Waals surface area contributed by atoms with Crippen LogP contribution >= 0.6 is 0 Å². The van der Waals surface area contributed by atoms with Crippen LogP contribution in [0.5, 0.6) is 5.75 Å². The zero-order valence-electron chi connectivity index (χ0n) is 17.6. The highest BCUT2D eigenvalue weighted by Gasteiger charge is 2.22. The Morgan fingerprint density at radius 1 is 1.03 bits per heavy atom. The van der Waals surface area contributed by atoms with Crippen LogP contribution in [0.2, 0.25) is 0 Å². The summed E-state index contributed by atoms with van der Waals surface area (Å²) in [6, 6.07) is 16.2. The fraction of sp³-hybridized carbons (Fsp3) is 0.136. The van der Waals surface area contributed by atoms with Crippen LogP contribution in [0.1, 0.15) is 15.9 Å². The van der Waals surface area contributed by atoms with Crippen molar-refractivity contribution < 1.29 is 22.9 Å². The van der Waals surface area contributed by atoms with Crippen LogP contribution < -0.4 is 14.4 Å². The maximum absolute atomic E-state index is 12.9. The molecule has 9 nitrogen and oxygen atoms in total. The third-order valence-electron chi connectivity index (χ3n) is 4.89. The molecule has 0 spiro atoms. The first-order valence-electron chi connectivity index (χ1n) is 9.43. The average Bonchev–Trinajstić information content (AvgIpc) is 2.79. The number of nitro benzene ring substituents is 1. The Kier molecular flexibility index (Phi) is 6.45. The predicted molar refractivity (Wildman–Crippen MR) is 121 cm³/mol. The van der Waals surface area contributed by atoms with Crippen LogP contribution in [0.3, 0.4) is 0 Å². The summed E-state index contributed by atoms with van der Waals surface area (Å²) in [6.45, 7) is 1.72. The lowest BCUT2D eigenvalue weighted by atomic mass is 10.1. The first-order chi connectivity index (χ1) is 15.1. The smallest absolute Gasteiger partial charge is 0.271 e. The largest absolute Gasteiger partial charge is 0.497 e. The summed E-state index contributed by atoms with van der Waals surface area (Å²) in [4.78, 5) is 23.1. The van der Waals surface area contributed by atoms with Gasteiger partial charge in [0, 0.05) is 24.7 Å². The third kappa shape index (κ3) is 4.70. The summed E-state index contributed by atoms with van der Waals surface area (Å²) in [5.41, 5.74) is 1.50. The summed E-state index contributed by atoms with van der Waals surface area (Å²) in [5, 5.41) is 13.6. The second-order valence-corrected chi connectivity index (χ2v) is 8.87. The van der Waals surface area contributed by atoms with E-state index in [1.165, 1.54) is 62.7 Å². The normalized spacial score (nSPS) is 11.0. The second kappa shape index (κ2) is 9.06. The number of nitrogens with zero attached hydrogens (tertiary/aromatic N) is 2. The summed E-state index contributed by atoms with van der Waals surface area (Å²) < 4.78 is 31.9. The minimum atomic E-state index is -3.80. The van der Waals surface area contributed by atoms with Crippen molar-refractivity contribution in [1.82, 2.24) is 0 Å². The number of rotatable bonds is 7. The van der Waals surface area contributed by atoms with Crippen molar-refractivity contribution in [2.24, 2.45) is 0 Å². The molecular formula is C22H21N3O6S. The zero-order valence-corrected chi connectivity index (χ0v) is 18.4. The molecule has 32 heavy (non-hydrogen) atoms. The van der Waals surface area contributed by atoms with E-state index < -0.39 is 20.9 Å². The molecule has 3 rings (SSSR count).